The van der Waals surface area contributed by atoms with Gasteiger partial charge in [-0.25, -0.2) is 0 Å². The summed E-state index contributed by atoms with van der Waals surface area (Å²) >= 11 is 3.04. The van der Waals surface area contributed by atoms with Gasteiger partial charge in [0, 0.05) is 21.9 Å². The van der Waals surface area contributed by atoms with Crippen molar-refractivity contribution in [2.75, 3.05) is 5.32 Å². The van der Waals surface area contributed by atoms with Crippen LogP contribution in [0.25, 0.3) is 0 Å². The van der Waals surface area contributed by atoms with Gasteiger partial charge in [-0.15, -0.1) is 0 Å². The summed E-state index contributed by atoms with van der Waals surface area (Å²) in [4.78, 5) is 11.6. The number of benzene rings is 3. The van der Waals surface area contributed by atoms with Crippen LogP contribution < -0.4 is 5.32 Å². The van der Waals surface area contributed by atoms with Crippen molar-refractivity contribution in [3.05, 3.63) is 135 Å². The summed E-state index contributed by atoms with van der Waals surface area (Å²) in [5.74, 6) is 0.679. The van der Waals surface area contributed by atoms with Gasteiger partial charge >= 0.3 is 100 Å². The maximum atomic E-state index is 11.6. The van der Waals surface area contributed by atoms with Crippen molar-refractivity contribution in [1.29, 1.82) is 0 Å². The van der Waals surface area contributed by atoms with Gasteiger partial charge in [-0.3, -0.25) is 4.79 Å². The minimum atomic E-state index is -0.346. The van der Waals surface area contributed by atoms with E-state index >= 15 is 0 Å². The molecule has 0 amide bonds. The summed E-state index contributed by atoms with van der Waals surface area (Å²) in [5, 5.41) is 3.22. The predicted molar refractivity (Wildman–Crippen MR) is 173 cm³/mol. The number of hydrogen-bond acceptors (Lipinski definition) is 2. The van der Waals surface area contributed by atoms with Gasteiger partial charge in [0.25, 0.3) is 0 Å². The molecule has 40 heavy (non-hydrogen) atoms. The minimum absolute atomic E-state index is 0.0254. The van der Waals surface area contributed by atoms with E-state index in [9.17, 15) is 4.79 Å². The van der Waals surface area contributed by atoms with Crippen molar-refractivity contribution in [1.82, 2.24) is 0 Å². The van der Waals surface area contributed by atoms with Crippen LogP contribution in [0, 0.1) is 20.8 Å². The second-order valence-electron chi connectivity index (χ2n) is 8.95. The van der Waals surface area contributed by atoms with Crippen LogP contribution in [-0.2, 0) is 35.6 Å². The zero-order chi connectivity index (χ0) is 29.9. The van der Waals surface area contributed by atoms with Gasteiger partial charge < -0.3 is 5.32 Å². The molecule has 0 heterocycles. The molecule has 3 aromatic carbocycles. The Balaban J connectivity index is 0.000000308. The van der Waals surface area contributed by atoms with Crippen molar-refractivity contribution in [2.45, 2.75) is 40.5 Å². The fourth-order valence-electron chi connectivity index (χ4n) is 3.41. The van der Waals surface area contributed by atoms with Crippen LogP contribution in [0.4, 0.5) is 5.69 Å². The molecule has 3 aromatic rings. The van der Waals surface area contributed by atoms with Crippen LogP contribution >= 0.6 is 45.0 Å². The summed E-state index contributed by atoms with van der Waals surface area (Å²) in [6.45, 7) is 10.6. The average Bonchev–Trinajstić information content (AvgIpc) is 2.91. The van der Waals surface area contributed by atoms with E-state index in [0.717, 1.165) is 21.3 Å². The third kappa shape index (κ3) is 15.2. The van der Waals surface area contributed by atoms with Gasteiger partial charge in [0.1, 0.15) is 0 Å². The normalized spacial score (nSPS) is 13.1. The molecule has 0 atom stereocenters. The van der Waals surface area contributed by atoms with E-state index in [0.29, 0.717) is 11.5 Å². The van der Waals surface area contributed by atoms with E-state index < -0.39 is 0 Å². The molecule has 0 radical (unpaired) electrons. The number of allylic oxidation sites excluding steroid dienone is 5. The molecular formula is C32H34BrCl3NORu2. The first-order chi connectivity index (χ1) is 19.1. The third-order valence-electron chi connectivity index (χ3n) is 5.49. The molecule has 0 aromatic heterocycles. The number of nitrogens with one attached hydrogen (secondary N) is 1. The molecule has 1 aliphatic rings. The molecule has 0 bridgehead atoms. The molecule has 217 valence electrons. The Kier molecular flexibility index (Phi) is 19.8. The second-order valence-corrected chi connectivity index (χ2v) is 14.3. The first-order valence-electron chi connectivity index (χ1n) is 12.3. The van der Waals surface area contributed by atoms with Gasteiger partial charge in [0.2, 0.25) is 0 Å². The third-order valence-corrected chi connectivity index (χ3v) is 7.17. The summed E-state index contributed by atoms with van der Waals surface area (Å²) < 4.78 is 3.13. The zero-order valence-corrected chi connectivity index (χ0v) is 30.3. The molecule has 0 saturated heterocycles. The molecular weight excluding hydrogens is 803 g/mol. The van der Waals surface area contributed by atoms with E-state index in [-0.39, 0.29) is 36.6 Å². The molecule has 0 saturated carbocycles. The maximum absolute atomic E-state index is 11.6. The number of aryl methyl sites for hydroxylation is 3. The zero-order valence-electron chi connectivity index (χ0n) is 23.0. The summed E-state index contributed by atoms with van der Waals surface area (Å²) in [6, 6.07) is 22.9. The average molecular weight is 837 g/mol. The first kappa shape index (κ1) is 36.8. The van der Waals surface area contributed by atoms with Crippen molar-refractivity contribution >= 4 is 61.1 Å². The SMILES string of the molecule is Cc1cc(Br)cc(C)c1N/C=C1\C=CC=CC1=O.Cc1ccc(C(C)C)cc1.[Cl][Ru]=[CH]c1ccccc1.[Cl][Ru][Cl]. The van der Waals surface area contributed by atoms with Crippen molar-refractivity contribution in [3.63, 3.8) is 0 Å². The fourth-order valence-corrected chi connectivity index (χ4v) is 5.17. The fraction of sp³-hybridized carbons (Fsp3) is 0.188. The molecule has 0 spiro atoms. The molecule has 2 nitrogen and oxygen atoms in total. The molecule has 0 aliphatic heterocycles. The van der Waals surface area contributed by atoms with Crippen LogP contribution in [0.2, 0.25) is 0 Å². The number of ketones is 1. The van der Waals surface area contributed by atoms with Gasteiger partial charge in [0.05, 0.1) is 0 Å². The Morgan fingerprint density at radius 2 is 1.40 bits per heavy atom. The number of anilines is 1. The molecule has 1 N–H and O–H groups in total. The topological polar surface area (TPSA) is 29.1 Å². The molecule has 1 aliphatic carbocycles. The molecule has 0 fully saturated rings. The Labute approximate surface area is 275 Å². The Hall–Kier alpha value is -1.18. The van der Waals surface area contributed by atoms with E-state index in [1.165, 1.54) is 16.7 Å². The van der Waals surface area contributed by atoms with Crippen molar-refractivity contribution < 1.29 is 35.6 Å². The van der Waals surface area contributed by atoms with E-state index in [2.05, 4.69) is 83.0 Å². The predicted octanol–water partition coefficient (Wildman–Crippen LogP) is 10.6. The van der Waals surface area contributed by atoms with Crippen LogP contribution in [0.5, 0.6) is 0 Å². The summed E-state index contributed by atoms with van der Waals surface area (Å²) in [6.07, 6.45) is 8.73. The van der Waals surface area contributed by atoms with Crippen molar-refractivity contribution in [3.8, 4) is 0 Å². The van der Waals surface area contributed by atoms with E-state index in [4.69, 9.17) is 29.1 Å². The number of rotatable bonds is 4. The quantitative estimate of drug-likeness (QED) is 0.210. The van der Waals surface area contributed by atoms with Crippen LogP contribution in [0.1, 0.15) is 47.6 Å². The van der Waals surface area contributed by atoms with Crippen LogP contribution in [0.15, 0.2) is 107 Å². The van der Waals surface area contributed by atoms with Gasteiger partial charge in [-0.1, -0.05) is 71.8 Å². The van der Waals surface area contributed by atoms with Gasteiger partial charge in [-0.05, 0) is 67.7 Å². The van der Waals surface area contributed by atoms with Gasteiger partial charge in [-0.2, -0.15) is 0 Å². The van der Waals surface area contributed by atoms with Crippen LogP contribution in [-0.4, -0.2) is 10.4 Å². The van der Waals surface area contributed by atoms with E-state index in [1.54, 1.807) is 24.4 Å². The molecule has 4 rings (SSSR count). The van der Waals surface area contributed by atoms with Gasteiger partial charge in [0.15, 0.2) is 5.78 Å². The standard InChI is InChI=1S/C15H14BrNO.C10H14.C7H6.3ClH.2Ru/c1-10-7-13(16)8-11(2)15(10)17-9-12-5-3-4-6-14(12)18;1-8(2)10-6-4-9(3)5-7-10;1-7-5-3-2-4-6-7;;;;;/h3-9,17H,1-2H3;4-8H,1-3H3;1-6H;3*1H;;/q;;;;;;+1;+2/p-3/b12-9+;;;;;;;. The number of halogens is 4. The Morgan fingerprint density at radius 1 is 0.850 bits per heavy atom. The monoisotopic (exact) mass is 836 g/mol. The summed E-state index contributed by atoms with van der Waals surface area (Å²) in [5.41, 5.74) is 7.98. The van der Waals surface area contributed by atoms with Crippen molar-refractivity contribution in [2.24, 2.45) is 0 Å². The van der Waals surface area contributed by atoms with E-state index in [1.807, 2.05) is 50.3 Å². The molecule has 8 heteroatoms. The first-order valence-corrected chi connectivity index (χ1v) is 20.8. The molecule has 0 unspecified atom stereocenters. The summed E-state index contributed by atoms with van der Waals surface area (Å²) in [7, 11) is 15.3. The number of carbonyl (C=O) groups is 1. The number of carbonyl (C=O) groups excluding carboxylic acids is 1. The number of hydrogen-bond donors (Lipinski definition) is 1. The second kappa shape index (κ2) is 21.5. The van der Waals surface area contributed by atoms with Crippen LogP contribution in [0.3, 0.4) is 0 Å². The Morgan fingerprint density at radius 3 is 1.90 bits per heavy atom. The Bertz CT molecular complexity index is 1280.